The van der Waals surface area contributed by atoms with Gasteiger partial charge < -0.3 is 15.0 Å². The van der Waals surface area contributed by atoms with Crippen LogP contribution in [0.1, 0.15) is 33.3 Å². The lowest BCUT2D eigenvalue weighted by Crippen LogP contribution is -2.31. The van der Waals surface area contributed by atoms with Gasteiger partial charge in [-0.2, -0.15) is 0 Å². The van der Waals surface area contributed by atoms with E-state index < -0.39 is 0 Å². The van der Waals surface area contributed by atoms with Crippen molar-refractivity contribution in [1.82, 2.24) is 10.2 Å². The van der Waals surface area contributed by atoms with Crippen LogP contribution in [0.4, 0.5) is 0 Å². The summed E-state index contributed by atoms with van der Waals surface area (Å²) in [4.78, 5) is 2.42. The molecule has 0 fully saturated rings. The van der Waals surface area contributed by atoms with E-state index in [2.05, 4.69) is 56.1 Å². The molecule has 0 aliphatic carbocycles. The third-order valence-corrected chi connectivity index (χ3v) is 3.10. The molecule has 3 heteroatoms. The molecule has 0 radical (unpaired) electrons. The summed E-state index contributed by atoms with van der Waals surface area (Å²) in [6.07, 6.45) is 0.228. The Kier molecular flexibility index (Phi) is 7.53. The Labute approximate surface area is 118 Å². The number of likely N-dealkylation sites (N-methyl/N-ethyl adjacent to an activating group) is 1. The molecular weight excluding hydrogens is 236 g/mol. The zero-order valence-corrected chi connectivity index (χ0v) is 12.8. The first-order valence-electron chi connectivity index (χ1n) is 7.34. The van der Waals surface area contributed by atoms with Crippen molar-refractivity contribution in [2.24, 2.45) is 0 Å². The first-order valence-corrected chi connectivity index (χ1v) is 7.34. The summed E-state index contributed by atoms with van der Waals surface area (Å²) < 4.78 is 5.70. The molecule has 0 spiro atoms. The molecule has 0 atom stereocenters. The molecule has 0 aliphatic heterocycles. The van der Waals surface area contributed by atoms with Crippen molar-refractivity contribution in [3.63, 3.8) is 0 Å². The van der Waals surface area contributed by atoms with Gasteiger partial charge in [0.05, 0.1) is 6.10 Å². The molecule has 108 valence electrons. The van der Waals surface area contributed by atoms with Gasteiger partial charge in [0.1, 0.15) is 5.75 Å². The Hall–Kier alpha value is -1.06. The van der Waals surface area contributed by atoms with Gasteiger partial charge in [-0.15, -0.1) is 0 Å². The minimum Gasteiger partial charge on any atom is -0.491 e. The van der Waals surface area contributed by atoms with Crippen molar-refractivity contribution < 1.29 is 4.74 Å². The number of hydrogen-bond acceptors (Lipinski definition) is 3. The largest absolute Gasteiger partial charge is 0.491 e. The van der Waals surface area contributed by atoms with Gasteiger partial charge >= 0.3 is 0 Å². The quantitative estimate of drug-likeness (QED) is 0.694. The average Bonchev–Trinajstić information content (AvgIpc) is 2.38. The van der Waals surface area contributed by atoms with Gasteiger partial charge in [-0.25, -0.2) is 0 Å². The van der Waals surface area contributed by atoms with Crippen molar-refractivity contribution in [2.45, 2.75) is 40.3 Å². The molecule has 0 unspecified atom stereocenters. The summed E-state index contributed by atoms with van der Waals surface area (Å²) >= 11 is 0. The van der Waals surface area contributed by atoms with Crippen LogP contribution in [0, 0.1) is 0 Å². The molecule has 0 aromatic heterocycles. The van der Waals surface area contributed by atoms with Crippen molar-refractivity contribution in [1.29, 1.82) is 0 Å². The maximum absolute atomic E-state index is 5.70. The summed E-state index contributed by atoms with van der Waals surface area (Å²) in [7, 11) is 0. The highest BCUT2D eigenvalue weighted by atomic mass is 16.5. The lowest BCUT2D eigenvalue weighted by atomic mass is 10.2. The Morgan fingerprint density at radius 2 is 1.95 bits per heavy atom. The second-order valence-corrected chi connectivity index (χ2v) is 5.02. The fraction of sp³-hybridized carbons (Fsp3) is 0.625. The lowest BCUT2D eigenvalue weighted by molar-refractivity contribution is 0.242. The summed E-state index contributed by atoms with van der Waals surface area (Å²) in [5, 5.41) is 3.48. The van der Waals surface area contributed by atoms with Crippen LogP contribution in [0.25, 0.3) is 0 Å². The standard InChI is InChI=1S/C16H28N2O/c1-5-18(6-2)11-10-17-13-15-8-7-9-16(12-15)19-14(3)4/h7-9,12,14,17H,5-6,10-11,13H2,1-4H3. The van der Waals surface area contributed by atoms with Gasteiger partial charge in [-0.3, -0.25) is 0 Å². The monoisotopic (exact) mass is 264 g/mol. The maximum atomic E-state index is 5.70. The van der Waals surface area contributed by atoms with Crippen molar-refractivity contribution in [3.8, 4) is 5.75 Å². The molecule has 1 aromatic carbocycles. The van der Waals surface area contributed by atoms with E-state index in [1.807, 2.05) is 6.07 Å². The van der Waals surface area contributed by atoms with Crippen molar-refractivity contribution >= 4 is 0 Å². The zero-order valence-electron chi connectivity index (χ0n) is 12.8. The number of hydrogen-bond donors (Lipinski definition) is 1. The minimum atomic E-state index is 0.228. The van der Waals surface area contributed by atoms with E-state index in [1.54, 1.807) is 0 Å². The van der Waals surface area contributed by atoms with Crippen LogP contribution in [0.3, 0.4) is 0 Å². The fourth-order valence-electron chi connectivity index (χ4n) is 2.01. The molecule has 0 amide bonds. The van der Waals surface area contributed by atoms with Gasteiger partial charge in [-0.05, 0) is 44.6 Å². The predicted molar refractivity (Wildman–Crippen MR) is 81.7 cm³/mol. The topological polar surface area (TPSA) is 24.5 Å². The Balaban J connectivity index is 2.33. The van der Waals surface area contributed by atoms with E-state index in [1.165, 1.54) is 5.56 Å². The van der Waals surface area contributed by atoms with Crippen LogP contribution < -0.4 is 10.1 Å². The zero-order chi connectivity index (χ0) is 14.1. The van der Waals surface area contributed by atoms with Crippen LogP contribution in [0.5, 0.6) is 5.75 Å². The van der Waals surface area contributed by atoms with E-state index in [0.29, 0.717) is 0 Å². The highest BCUT2D eigenvalue weighted by Crippen LogP contribution is 2.14. The summed E-state index contributed by atoms with van der Waals surface area (Å²) in [5.41, 5.74) is 1.28. The number of benzene rings is 1. The fourth-order valence-corrected chi connectivity index (χ4v) is 2.01. The molecule has 0 saturated carbocycles. The number of ether oxygens (including phenoxy) is 1. The van der Waals surface area contributed by atoms with E-state index in [-0.39, 0.29) is 6.10 Å². The van der Waals surface area contributed by atoms with Gasteiger partial charge in [0.25, 0.3) is 0 Å². The second-order valence-electron chi connectivity index (χ2n) is 5.02. The highest BCUT2D eigenvalue weighted by Gasteiger charge is 2.00. The summed E-state index contributed by atoms with van der Waals surface area (Å²) in [6, 6.07) is 8.32. The molecule has 19 heavy (non-hydrogen) atoms. The number of nitrogens with zero attached hydrogens (tertiary/aromatic N) is 1. The predicted octanol–water partition coefficient (Wildman–Crippen LogP) is 2.91. The van der Waals surface area contributed by atoms with Crippen LogP contribution in [0.2, 0.25) is 0 Å². The molecule has 3 nitrogen and oxygen atoms in total. The molecule has 0 aliphatic rings. The molecule has 1 N–H and O–H groups in total. The highest BCUT2D eigenvalue weighted by molar-refractivity contribution is 5.28. The van der Waals surface area contributed by atoms with E-state index in [4.69, 9.17) is 4.74 Å². The Morgan fingerprint density at radius 3 is 2.58 bits per heavy atom. The van der Waals surface area contributed by atoms with Gasteiger partial charge in [-0.1, -0.05) is 26.0 Å². The van der Waals surface area contributed by atoms with Crippen molar-refractivity contribution in [2.75, 3.05) is 26.2 Å². The van der Waals surface area contributed by atoms with Crippen LogP contribution in [-0.2, 0) is 6.54 Å². The molecule has 1 rings (SSSR count). The summed E-state index contributed by atoms with van der Waals surface area (Å²) in [6.45, 7) is 13.8. The summed E-state index contributed by atoms with van der Waals surface area (Å²) in [5.74, 6) is 0.957. The molecule has 0 heterocycles. The van der Waals surface area contributed by atoms with Crippen LogP contribution in [-0.4, -0.2) is 37.2 Å². The minimum absolute atomic E-state index is 0.228. The second kappa shape index (κ2) is 8.94. The SMILES string of the molecule is CCN(CC)CCNCc1cccc(OC(C)C)c1. The third-order valence-electron chi connectivity index (χ3n) is 3.10. The molecule has 0 saturated heterocycles. The third kappa shape index (κ3) is 6.60. The first kappa shape index (κ1) is 16.0. The van der Waals surface area contributed by atoms with E-state index in [0.717, 1.165) is 38.5 Å². The van der Waals surface area contributed by atoms with Crippen LogP contribution in [0.15, 0.2) is 24.3 Å². The lowest BCUT2D eigenvalue weighted by Gasteiger charge is -2.18. The first-order chi connectivity index (χ1) is 9.15. The van der Waals surface area contributed by atoms with Gasteiger partial charge in [0.2, 0.25) is 0 Å². The molecule has 1 aromatic rings. The van der Waals surface area contributed by atoms with Gasteiger partial charge in [0.15, 0.2) is 0 Å². The smallest absolute Gasteiger partial charge is 0.120 e. The van der Waals surface area contributed by atoms with Gasteiger partial charge in [0, 0.05) is 19.6 Å². The molecule has 0 bridgehead atoms. The normalized spacial score (nSPS) is 11.3. The Morgan fingerprint density at radius 1 is 1.21 bits per heavy atom. The van der Waals surface area contributed by atoms with Crippen LogP contribution >= 0.6 is 0 Å². The Bertz CT molecular complexity index is 348. The average molecular weight is 264 g/mol. The maximum Gasteiger partial charge on any atom is 0.120 e. The number of nitrogens with one attached hydrogen (secondary N) is 1. The van der Waals surface area contributed by atoms with Crippen molar-refractivity contribution in [3.05, 3.63) is 29.8 Å². The van der Waals surface area contributed by atoms with E-state index >= 15 is 0 Å². The van der Waals surface area contributed by atoms with E-state index in [9.17, 15) is 0 Å². The molecular formula is C16H28N2O. The number of rotatable bonds is 9.